The van der Waals surface area contributed by atoms with Gasteiger partial charge in [-0.15, -0.1) is 0 Å². The van der Waals surface area contributed by atoms with E-state index in [1.165, 1.54) is 14.7 Å². The fourth-order valence-corrected chi connectivity index (χ4v) is 4.20. The molecule has 0 aliphatic rings. The van der Waals surface area contributed by atoms with E-state index in [1.54, 1.807) is 18.2 Å². The van der Waals surface area contributed by atoms with E-state index in [4.69, 9.17) is 11.6 Å². The van der Waals surface area contributed by atoms with Crippen LogP contribution < -0.4 is 16.4 Å². The summed E-state index contributed by atoms with van der Waals surface area (Å²) in [6, 6.07) is 24.4. The van der Waals surface area contributed by atoms with Crippen LogP contribution in [0.25, 0.3) is 11.0 Å². The van der Waals surface area contributed by atoms with Gasteiger partial charge < -0.3 is 5.32 Å². The second-order valence-corrected chi connectivity index (χ2v) is 8.83. The molecule has 7 heteroatoms. The smallest absolute Gasteiger partial charge is 0.317 e. The Hall–Kier alpha value is -3.64. The second-order valence-electron chi connectivity index (χ2n) is 8.39. The number of fused-ring (bicyclic) bond motifs is 1. The fraction of sp³-hybridized carbons (Fsp3) is 0.222. The molecule has 1 N–H and O–H groups in total. The number of nitrogens with zero attached hydrogens (tertiary/aromatic N) is 2. The molecule has 0 spiro atoms. The van der Waals surface area contributed by atoms with E-state index in [9.17, 15) is 14.4 Å². The predicted molar refractivity (Wildman–Crippen MR) is 135 cm³/mol. The number of hydrogen-bond acceptors (Lipinski definition) is 3. The summed E-state index contributed by atoms with van der Waals surface area (Å²) >= 11 is 6.21. The Morgan fingerprint density at radius 3 is 2.15 bits per heavy atom. The van der Waals surface area contributed by atoms with Crippen LogP contribution in [0.15, 0.2) is 88.5 Å². The SMILES string of the molecule is C[C@@H](CCc1ccccc1)NC(=O)Cn1c(=O)c(=O)n(Cc2ccccc2)c2ccc(Cl)cc21. The molecular formula is C27H26ClN3O3. The van der Waals surface area contributed by atoms with Crippen molar-refractivity contribution in [2.75, 3.05) is 0 Å². The minimum absolute atomic E-state index is 0.0864. The van der Waals surface area contributed by atoms with Crippen LogP contribution >= 0.6 is 11.6 Å². The van der Waals surface area contributed by atoms with Crippen molar-refractivity contribution in [3.63, 3.8) is 0 Å². The van der Waals surface area contributed by atoms with Crippen molar-refractivity contribution >= 4 is 28.5 Å². The van der Waals surface area contributed by atoms with Crippen LogP contribution in [0.1, 0.15) is 24.5 Å². The van der Waals surface area contributed by atoms with Gasteiger partial charge in [0.05, 0.1) is 17.6 Å². The van der Waals surface area contributed by atoms with Crippen LogP contribution in [0.3, 0.4) is 0 Å². The van der Waals surface area contributed by atoms with E-state index in [-0.39, 0.29) is 25.0 Å². The molecule has 0 aliphatic carbocycles. The van der Waals surface area contributed by atoms with Crippen molar-refractivity contribution in [2.45, 2.75) is 38.9 Å². The number of halogens is 1. The number of rotatable bonds is 8. The normalized spacial score (nSPS) is 11.9. The fourth-order valence-electron chi connectivity index (χ4n) is 4.03. The van der Waals surface area contributed by atoms with E-state index in [0.29, 0.717) is 16.1 Å². The lowest BCUT2D eigenvalue weighted by Crippen LogP contribution is -2.45. The summed E-state index contributed by atoms with van der Waals surface area (Å²) in [5.41, 5.74) is 1.65. The van der Waals surface area contributed by atoms with Crippen molar-refractivity contribution in [3.8, 4) is 0 Å². The first-order valence-electron chi connectivity index (χ1n) is 11.2. The third kappa shape index (κ3) is 5.46. The first-order valence-corrected chi connectivity index (χ1v) is 11.6. The maximum Gasteiger partial charge on any atom is 0.317 e. The van der Waals surface area contributed by atoms with Crippen LogP contribution in [0.5, 0.6) is 0 Å². The van der Waals surface area contributed by atoms with Crippen LogP contribution in [0.4, 0.5) is 0 Å². The lowest BCUT2D eigenvalue weighted by molar-refractivity contribution is -0.122. The van der Waals surface area contributed by atoms with Gasteiger partial charge in [-0.2, -0.15) is 0 Å². The molecule has 0 saturated heterocycles. The van der Waals surface area contributed by atoms with Crippen molar-refractivity contribution in [1.29, 1.82) is 0 Å². The van der Waals surface area contributed by atoms with Gasteiger partial charge in [0.2, 0.25) is 5.91 Å². The molecule has 6 nitrogen and oxygen atoms in total. The van der Waals surface area contributed by atoms with Crippen molar-refractivity contribution < 1.29 is 4.79 Å². The van der Waals surface area contributed by atoms with Gasteiger partial charge in [0.25, 0.3) is 0 Å². The van der Waals surface area contributed by atoms with Gasteiger partial charge >= 0.3 is 11.1 Å². The highest BCUT2D eigenvalue weighted by molar-refractivity contribution is 6.31. The van der Waals surface area contributed by atoms with E-state index in [2.05, 4.69) is 17.4 Å². The maximum atomic E-state index is 13.0. The summed E-state index contributed by atoms with van der Waals surface area (Å²) in [6.45, 7) is 1.92. The van der Waals surface area contributed by atoms with Gasteiger partial charge in [0.15, 0.2) is 0 Å². The van der Waals surface area contributed by atoms with Gasteiger partial charge in [-0.25, -0.2) is 0 Å². The molecular weight excluding hydrogens is 450 g/mol. The molecule has 4 rings (SSSR count). The lowest BCUT2D eigenvalue weighted by Gasteiger charge is -2.17. The third-order valence-corrected chi connectivity index (χ3v) is 6.03. The zero-order valence-electron chi connectivity index (χ0n) is 18.9. The Bertz CT molecular complexity index is 1410. The summed E-state index contributed by atoms with van der Waals surface area (Å²) in [5.74, 6) is -0.329. The summed E-state index contributed by atoms with van der Waals surface area (Å²) in [6.07, 6.45) is 1.59. The molecule has 0 fully saturated rings. The summed E-state index contributed by atoms with van der Waals surface area (Å²) < 4.78 is 2.64. The monoisotopic (exact) mass is 475 g/mol. The van der Waals surface area contributed by atoms with Gasteiger partial charge in [0.1, 0.15) is 6.54 Å². The number of aromatic nitrogens is 2. The predicted octanol–water partition coefficient (Wildman–Crippen LogP) is 4.00. The second kappa shape index (κ2) is 10.5. The van der Waals surface area contributed by atoms with E-state index in [0.717, 1.165) is 18.4 Å². The van der Waals surface area contributed by atoms with Crippen molar-refractivity contribution in [3.05, 3.63) is 116 Å². The number of nitrogens with one attached hydrogen (secondary N) is 1. The summed E-state index contributed by atoms with van der Waals surface area (Å²) in [5, 5.41) is 3.36. The molecule has 0 aliphatic heterocycles. The standard InChI is InChI=1S/C27H26ClN3O3/c1-19(12-13-20-8-4-2-5-9-20)29-25(32)18-31-24-16-22(28)14-15-23(24)30(26(33)27(31)34)17-21-10-6-3-7-11-21/h2-11,14-16,19H,12-13,17-18H2,1H3,(H,29,32)/t19-/m0/s1. The first-order chi connectivity index (χ1) is 16.4. The van der Waals surface area contributed by atoms with Gasteiger partial charge in [-0.1, -0.05) is 72.3 Å². The number of carbonyl (C=O) groups excluding carboxylic acids is 1. The summed E-state index contributed by atoms with van der Waals surface area (Å²) in [7, 11) is 0. The number of amides is 1. The minimum atomic E-state index is -0.752. The van der Waals surface area contributed by atoms with Crippen LogP contribution in [-0.2, 0) is 24.3 Å². The number of hydrogen-bond donors (Lipinski definition) is 1. The summed E-state index contributed by atoms with van der Waals surface area (Å²) in [4.78, 5) is 38.9. The molecule has 1 amide bonds. The van der Waals surface area contributed by atoms with Gasteiger partial charge in [-0.05, 0) is 49.1 Å². The number of benzene rings is 3. The Morgan fingerprint density at radius 2 is 1.47 bits per heavy atom. The highest BCUT2D eigenvalue weighted by atomic mass is 35.5. The quantitative estimate of drug-likeness (QED) is 0.391. The Morgan fingerprint density at radius 1 is 0.853 bits per heavy atom. The van der Waals surface area contributed by atoms with Gasteiger partial charge in [0, 0.05) is 11.1 Å². The van der Waals surface area contributed by atoms with Crippen LogP contribution in [-0.4, -0.2) is 21.1 Å². The van der Waals surface area contributed by atoms with Crippen molar-refractivity contribution in [1.82, 2.24) is 14.5 Å². The molecule has 4 aromatic rings. The maximum absolute atomic E-state index is 13.0. The zero-order valence-corrected chi connectivity index (χ0v) is 19.7. The highest BCUT2D eigenvalue weighted by Gasteiger charge is 2.17. The van der Waals surface area contributed by atoms with Gasteiger partial charge in [-0.3, -0.25) is 23.5 Å². The van der Waals surface area contributed by atoms with Crippen LogP contribution in [0.2, 0.25) is 5.02 Å². The Balaban J connectivity index is 1.58. The molecule has 174 valence electrons. The molecule has 1 atom stereocenters. The third-order valence-electron chi connectivity index (χ3n) is 5.79. The molecule has 1 aromatic heterocycles. The average molecular weight is 476 g/mol. The molecule has 3 aromatic carbocycles. The number of aryl methyl sites for hydroxylation is 1. The minimum Gasteiger partial charge on any atom is -0.352 e. The Kier molecular flexibility index (Phi) is 7.28. The average Bonchev–Trinajstić information content (AvgIpc) is 2.84. The molecule has 0 bridgehead atoms. The molecule has 1 heterocycles. The highest BCUT2D eigenvalue weighted by Crippen LogP contribution is 2.18. The molecule has 0 saturated carbocycles. The van der Waals surface area contributed by atoms with E-state index in [1.807, 2.05) is 55.5 Å². The molecule has 0 unspecified atom stereocenters. The molecule has 0 radical (unpaired) electrons. The molecule has 34 heavy (non-hydrogen) atoms. The zero-order chi connectivity index (χ0) is 24.1. The van der Waals surface area contributed by atoms with Crippen LogP contribution in [0, 0.1) is 0 Å². The van der Waals surface area contributed by atoms with Crippen molar-refractivity contribution in [2.24, 2.45) is 0 Å². The largest absolute Gasteiger partial charge is 0.352 e. The van der Waals surface area contributed by atoms with E-state index >= 15 is 0 Å². The number of carbonyl (C=O) groups is 1. The topological polar surface area (TPSA) is 73.1 Å². The van der Waals surface area contributed by atoms with E-state index < -0.39 is 11.1 Å². The lowest BCUT2D eigenvalue weighted by atomic mass is 10.1. The first kappa shape index (κ1) is 23.5. The Labute approximate surface area is 202 Å².